The van der Waals surface area contributed by atoms with Gasteiger partial charge in [0.1, 0.15) is 10.7 Å². The number of hydrogen-bond acceptors (Lipinski definition) is 4. The molecule has 1 aromatic carbocycles. The van der Waals surface area contributed by atoms with Crippen LogP contribution in [0.25, 0.3) is 11.1 Å². The Morgan fingerprint density at radius 2 is 2.00 bits per heavy atom. The highest BCUT2D eigenvalue weighted by molar-refractivity contribution is 6.29. The molecule has 3 rings (SSSR count). The van der Waals surface area contributed by atoms with E-state index in [9.17, 15) is 4.79 Å². The molecule has 0 aliphatic carbocycles. The third-order valence-corrected chi connectivity index (χ3v) is 3.13. The lowest BCUT2D eigenvalue weighted by Crippen LogP contribution is -2.12. The first kappa shape index (κ1) is 13.6. The smallest absolute Gasteiger partial charge is 0.255 e. The van der Waals surface area contributed by atoms with Crippen molar-refractivity contribution in [2.24, 2.45) is 0 Å². The van der Waals surface area contributed by atoms with Crippen LogP contribution in [0.15, 0.2) is 34.7 Å². The van der Waals surface area contributed by atoms with E-state index in [0.29, 0.717) is 39.1 Å². The van der Waals surface area contributed by atoms with E-state index in [4.69, 9.17) is 16.0 Å². The van der Waals surface area contributed by atoms with Crippen molar-refractivity contribution in [1.29, 1.82) is 0 Å². The van der Waals surface area contributed by atoms with Gasteiger partial charge in [-0.25, -0.2) is 9.97 Å². The first-order valence-electron chi connectivity index (χ1n) is 6.34. The number of nitrogens with one attached hydrogen (secondary N) is 1. The first-order chi connectivity index (χ1) is 10.0. The average molecular weight is 302 g/mol. The number of halogens is 1. The Labute approximate surface area is 126 Å². The molecule has 5 nitrogen and oxygen atoms in total. The highest BCUT2D eigenvalue weighted by Crippen LogP contribution is 2.20. The highest BCUT2D eigenvalue weighted by Gasteiger charge is 2.10. The summed E-state index contributed by atoms with van der Waals surface area (Å²) in [4.78, 5) is 20.5. The molecule has 1 amide bonds. The number of amides is 1. The van der Waals surface area contributed by atoms with Crippen LogP contribution in [0.2, 0.25) is 5.15 Å². The van der Waals surface area contributed by atoms with Crippen molar-refractivity contribution in [2.75, 3.05) is 5.32 Å². The lowest BCUT2D eigenvalue weighted by Gasteiger charge is -2.06. The molecule has 106 valence electrons. The molecule has 3 aromatic rings. The van der Waals surface area contributed by atoms with Crippen LogP contribution in [0, 0.1) is 13.8 Å². The zero-order valence-corrected chi connectivity index (χ0v) is 12.2. The minimum atomic E-state index is -0.248. The maximum atomic E-state index is 12.2. The number of oxazole rings is 1. The molecule has 0 bridgehead atoms. The summed E-state index contributed by atoms with van der Waals surface area (Å²) in [7, 11) is 0. The van der Waals surface area contributed by atoms with Crippen LogP contribution in [0.5, 0.6) is 0 Å². The predicted molar refractivity (Wildman–Crippen MR) is 80.7 cm³/mol. The van der Waals surface area contributed by atoms with Crippen molar-refractivity contribution in [3.05, 3.63) is 52.6 Å². The number of anilines is 1. The van der Waals surface area contributed by atoms with Crippen molar-refractivity contribution in [3.8, 4) is 0 Å². The molecule has 0 saturated carbocycles. The molecule has 6 heteroatoms. The fraction of sp³-hybridized carbons (Fsp3) is 0.133. The number of nitrogens with zero attached hydrogens (tertiary/aromatic N) is 2. The van der Waals surface area contributed by atoms with E-state index in [1.54, 1.807) is 38.1 Å². The summed E-state index contributed by atoms with van der Waals surface area (Å²) in [5.74, 6) is 0.340. The van der Waals surface area contributed by atoms with E-state index in [1.807, 2.05) is 0 Å². The molecule has 0 spiro atoms. The lowest BCUT2D eigenvalue weighted by molar-refractivity contribution is 0.102. The minimum Gasteiger partial charge on any atom is -0.441 e. The molecule has 2 aromatic heterocycles. The van der Waals surface area contributed by atoms with Crippen molar-refractivity contribution < 1.29 is 9.21 Å². The molecule has 21 heavy (non-hydrogen) atoms. The number of hydrogen-bond donors (Lipinski definition) is 1. The molecule has 0 unspecified atom stereocenters. The van der Waals surface area contributed by atoms with E-state index in [-0.39, 0.29) is 5.91 Å². The highest BCUT2D eigenvalue weighted by atomic mass is 35.5. The molecule has 0 atom stereocenters. The van der Waals surface area contributed by atoms with Crippen molar-refractivity contribution in [2.45, 2.75) is 13.8 Å². The third-order valence-electron chi connectivity index (χ3n) is 2.94. The summed E-state index contributed by atoms with van der Waals surface area (Å²) in [6.45, 7) is 3.56. The third kappa shape index (κ3) is 2.87. The maximum Gasteiger partial charge on any atom is 0.255 e. The summed E-state index contributed by atoms with van der Waals surface area (Å²) < 4.78 is 5.39. The Hall–Kier alpha value is -2.40. The Bertz CT molecular complexity index is 822. The second-order valence-corrected chi connectivity index (χ2v) is 5.08. The van der Waals surface area contributed by atoms with E-state index in [1.165, 1.54) is 6.07 Å². The molecule has 0 aliphatic heterocycles. The number of aromatic nitrogens is 2. The predicted octanol–water partition coefficient (Wildman–Crippen LogP) is 3.75. The molecular weight excluding hydrogens is 290 g/mol. The summed E-state index contributed by atoms with van der Waals surface area (Å²) in [5, 5.41) is 3.10. The maximum absolute atomic E-state index is 12.2. The Morgan fingerprint density at radius 3 is 2.76 bits per heavy atom. The van der Waals surface area contributed by atoms with Crippen LogP contribution < -0.4 is 5.32 Å². The molecule has 0 radical (unpaired) electrons. The van der Waals surface area contributed by atoms with Gasteiger partial charge in [0, 0.05) is 23.9 Å². The number of fused-ring (bicyclic) bond motifs is 1. The van der Waals surface area contributed by atoms with E-state index in [2.05, 4.69) is 15.3 Å². The Balaban J connectivity index is 1.88. The average Bonchev–Trinajstić information content (AvgIpc) is 2.77. The van der Waals surface area contributed by atoms with Gasteiger partial charge < -0.3 is 9.73 Å². The molecule has 0 fully saturated rings. The SMILES string of the molecule is Cc1cc(C(=O)Nc2ccc3oc(C)nc3c2)cc(Cl)n1. The molecule has 0 saturated heterocycles. The second-order valence-electron chi connectivity index (χ2n) is 4.69. The van der Waals surface area contributed by atoms with E-state index < -0.39 is 0 Å². The van der Waals surface area contributed by atoms with Gasteiger partial charge in [-0.1, -0.05) is 11.6 Å². The lowest BCUT2D eigenvalue weighted by atomic mass is 10.2. The normalized spacial score (nSPS) is 10.8. The van der Waals surface area contributed by atoms with Crippen LogP contribution in [0.4, 0.5) is 5.69 Å². The standard InChI is InChI=1S/C15H12ClN3O2/c1-8-5-10(6-14(16)17-8)15(20)19-11-3-4-13-12(7-11)18-9(2)21-13/h3-7H,1-2H3,(H,19,20). The zero-order chi connectivity index (χ0) is 15.0. The number of pyridine rings is 1. The fourth-order valence-electron chi connectivity index (χ4n) is 2.08. The summed E-state index contributed by atoms with van der Waals surface area (Å²) in [6, 6.07) is 8.51. The van der Waals surface area contributed by atoms with Crippen LogP contribution >= 0.6 is 11.6 Å². The van der Waals surface area contributed by atoms with Gasteiger partial charge >= 0.3 is 0 Å². The van der Waals surface area contributed by atoms with Crippen molar-refractivity contribution in [1.82, 2.24) is 9.97 Å². The van der Waals surface area contributed by atoms with Gasteiger partial charge in [0.05, 0.1) is 0 Å². The van der Waals surface area contributed by atoms with Gasteiger partial charge in [0.2, 0.25) is 0 Å². The van der Waals surface area contributed by atoms with E-state index in [0.717, 1.165) is 0 Å². The number of benzene rings is 1. The van der Waals surface area contributed by atoms with Gasteiger partial charge in [-0.15, -0.1) is 0 Å². The number of carbonyl (C=O) groups is 1. The van der Waals surface area contributed by atoms with Gasteiger partial charge in [-0.2, -0.15) is 0 Å². The Morgan fingerprint density at radius 1 is 1.19 bits per heavy atom. The summed E-state index contributed by atoms with van der Waals surface area (Å²) in [6.07, 6.45) is 0. The minimum absolute atomic E-state index is 0.248. The Kier molecular flexibility index (Phi) is 3.35. The molecular formula is C15H12ClN3O2. The van der Waals surface area contributed by atoms with Gasteiger partial charge in [0.25, 0.3) is 5.91 Å². The number of aryl methyl sites for hydroxylation is 2. The van der Waals surface area contributed by atoms with E-state index >= 15 is 0 Å². The van der Waals surface area contributed by atoms with Crippen LogP contribution in [-0.4, -0.2) is 15.9 Å². The quantitative estimate of drug-likeness (QED) is 0.732. The summed E-state index contributed by atoms with van der Waals surface area (Å²) >= 11 is 5.86. The fourth-order valence-corrected chi connectivity index (χ4v) is 2.33. The number of rotatable bonds is 2. The second kappa shape index (κ2) is 5.18. The van der Waals surface area contributed by atoms with Crippen LogP contribution in [0.3, 0.4) is 0 Å². The number of carbonyl (C=O) groups excluding carboxylic acids is 1. The van der Waals surface area contributed by atoms with Crippen molar-refractivity contribution >= 4 is 34.3 Å². The largest absolute Gasteiger partial charge is 0.441 e. The van der Waals surface area contributed by atoms with Gasteiger partial charge in [-0.05, 0) is 37.3 Å². The zero-order valence-electron chi connectivity index (χ0n) is 11.5. The van der Waals surface area contributed by atoms with Crippen LogP contribution in [-0.2, 0) is 0 Å². The molecule has 2 heterocycles. The first-order valence-corrected chi connectivity index (χ1v) is 6.72. The van der Waals surface area contributed by atoms with Gasteiger partial charge in [-0.3, -0.25) is 4.79 Å². The van der Waals surface area contributed by atoms with Crippen molar-refractivity contribution in [3.63, 3.8) is 0 Å². The molecule has 0 aliphatic rings. The van der Waals surface area contributed by atoms with Gasteiger partial charge in [0.15, 0.2) is 11.5 Å². The monoisotopic (exact) mass is 301 g/mol. The summed E-state index contributed by atoms with van der Waals surface area (Å²) in [5.41, 5.74) is 3.19. The topological polar surface area (TPSA) is 68.0 Å². The van der Waals surface area contributed by atoms with Crippen LogP contribution in [0.1, 0.15) is 21.9 Å². The molecule has 1 N–H and O–H groups in total.